The van der Waals surface area contributed by atoms with Gasteiger partial charge in [-0.3, -0.25) is 14.7 Å². The third-order valence-corrected chi connectivity index (χ3v) is 7.36. The molecule has 2 heterocycles. The van der Waals surface area contributed by atoms with Gasteiger partial charge >= 0.3 is 0 Å². The maximum Gasteiger partial charge on any atom is 0.272 e. The quantitative estimate of drug-likeness (QED) is 0.447. The molecule has 0 N–H and O–H groups in total. The van der Waals surface area contributed by atoms with Crippen molar-refractivity contribution < 1.29 is 9.53 Å². The van der Waals surface area contributed by atoms with Crippen molar-refractivity contribution in [3.63, 3.8) is 0 Å². The summed E-state index contributed by atoms with van der Waals surface area (Å²) >= 11 is 0. The maximum absolute atomic E-state index is 13.3. The van der Waals surface area contributed by atoms with Crippen molar-refractivity contribution in [3.05, 3.63) is 94.8 Å². The van der Waals surface area contributed by atoms with E-state index in [1.165, 1.54) is 22.3 Å². The van der Waals surface area contributed by atoms with Gasteiger partial charge in [-0.25, -0.2) is 0 Å². The zero-order valence-corrected chi connectivity index (χ0v) is 21.4. The highest BCUT2D eigenvalue weighted by atomic mass is 16.5. The van der Waals surface area contributed by atoms with E-state index in [1.54, 1.807) is 19.4 Å². The molecule has 0 bridgehead atoms. The number of hydrogen-bond donors (Lipinski definition) is 0. The largest absolute Gasteiger partial charge is 0.497 e. The fourth-order valence-electron chi connectivity index (χ4n) is 5.19. The van der Waals surface area contributed by atoms with Crippen LogP contribution in [0.1, 0.15) is 45.6 Å². The van der Waals surface area contributed by atoms with Gasteiger partial charge in [-0.15, -0.1) is 0 Å². The van der Waals surface area contributed by atoms with Crippen LogP contribution in [-0.4, -0.2) is 54.0 Å². The van der Waals surface area contributed by atoms with Crippen LogP contribution >= 0.6 is 0 Å². The summed E-state index contributed by atoms with van der Waals surface area (Å²) in [5.41, 5.74) is 5.77. The van der Waals surface area contributed by atoms with Crippen LogP contribution in [0.4, 0.5) is 0 Å². The molecule has 4 rings (SSSR count). The number of amides is 1. The summed E-state index contributed by atoms with van der Waals surface area (Å²) < 4.78 is 5.45. The minimum atomic E-state index is -0.0173. The second kappa shape index (κ2) is 11.5. The molecule has 0 unspecified atom stereocenters. The summed E-state index contributed by atoms with van der Waals surface area (Å²) in [7, 11) is 3.63. The highest BCUT2D eigenvalue weighted by molar-refractivity contribution is 5.92. The molecule has 1 aliphatic rings. The van der Waals surface area contributed by atoms with Crippen molar-refractivity contribution in [2.45, 2.75) is 45.7 Å². The Bertz CT molecular complexity index is 1120. The number of aromatic nitrogens is 1. The Morgan fingerprint density at radius 3 is 2.60 bits per heavy atom. The number of likely N-dealkylation sites (N-methyl/N-ethyl adjacent to an activating group) is 1. The van der Waals surface area contributed by atoms with Gasteiger partial charge in [0.05, 0.1) is 7.11 Å². The van der Waals surface area contributed by atoms with Gasteiger partial charge in [0.15, 0.2) is 0 Å². The highest BCUT2D eigenvalue weighted by Crippen LogP contribution is 2.29. The number of methoxy groups -OCH3 is 1. The molecule has 5 nitrogen and oxygen atoms in total. The van der Waals surface area contributed by atoms with Crippen molar-refractivity contribution >= 4 is 5.91 Å². The monoisotopic (exact) mass is 471 g/mol. The van der Waals surface area contributed by atoms with Crippen LogP contribution in [0.25, 0.3) is 0 Å². The Labute approximate surface area is 209 Å². The van der Waals surface area contributed by atoms with E-state index < -0.39 is 0 Å². The van der Waals surface area contributed by atoms with Crippen molar-refractivity contribution in [2.75, 3.05) is 27.2 Å². The van der Waals surface area contributed by atoms with E-state index in [2.05, 4.69) is 54.1 Å². The number of carbonyl (C=O) groups is 1. The molecular weight excluding hydrogens is 434 g/mol. The number of benzene rings is 2. The molecule has 35 heavy (non-hydrogen) atoms. The molecule has 0 radical (unpaired) electrons. The van der Waals surface area contributed by atoms with Crippen LogP contribution in [0.5, 0.6) is 5.75 Å². The van der Waals surface area contributed by atoms with Crippen molar-refractivity contribution in [1.82, 2.24) is 14.8 Å². The third-order valence-electron chi connectivity index (χ3n) is 7.36. The van der Waals surface area contributed by atoms with Gasteiger partial charge < -0.3 is 9.64 Å². The van der Waals surface area contributed by atoms with Crippen LogP contribution < -0.4 is 4.74 Å². The Morgan fingerprint density at radius 2 is 1.89 bits per heavy atom. The Morgan fingerprint density at radius 1 is 1.09 bits per heavy atom. The van der Waals surface area contributed by atoms with Crippen molar-refractivity contribution in [3.8, 4) is 5.75 Å². The van der Waals surface area contributed by atoms with E-state index >= 15 is 0 Å². The van der Waals surface area contributed by atoms with E-state index in [0.29, 0.717) is 11.6 Å². The van der Waals surface area contributed by atoms with E-state index in [9.17, 15) is 4.79 Å². The van der Waals surface area contributed by atoms with E-state index in [0.717, 1.165) is 44.6 Å². The van der Waals surface area contributed by atoms with E-state index in [-0.39, 0.29) is 11.9 Å². The summed E-state index contributed by atoms with van der Waals surface area (Å²) in [4.78, 5) is 22.1. The molecule has 0 saturated carbocycles. The lowest BCUT2D eigenvalue weighted by Crippen LogP contribution is -2.47. The number of pyridine rings is 1. The van der Waals surface area contributed by atoms with Gasteiger partial charge in [0.25, 0.3) is 5.91 Å². The normalized spacial score (nSPS) is 15.5. The van der Waals surface area contributed by atoms with Gasteiger partial charge in [0, 0.05) is 25.8 Å². The molecule has 1 aliphatic heterocycles. The predicted molar refractivity (Wildman–Crippen MR) is 141 cm³/mol. The van der Waals surface area contributed by atoms with Gasteiger partial charge in [-0.05, 0) is 93.1 Å². The van der Waals surface area contributed by atoms with Gasteiger partial charge in [-0.1, -0.05) is 42.0 Å². The average Bonchev–Trinajstić information content (AvgIpc) is 2.90. The Balaban J connectivity index is 1.49. The number of rotatable bonds is 8. The summed E-state index contributed by atoms with van der Waals surface area (Å²) in [6.07, 6.45) is 4.62. The first kappa shape index (κ1) is 24.9. The molecule has 1 atom stereocenters. The SMILES string of the molecule is COc1cccc(C[C@@H](C2CCN(Cc3cc(C)ccc3C)CC2)N(C)C(=O)c2ccccn2)c1. The van der Waals surface area contributed by atoms with Crippen molar-refractivity contribution in [2.24, 2.45) is 5.92 Å². The summed E-state index contributed by atoms with van der Waals surface area (Å²) in [6.45, 7) is 7.43. The topological polar surface area (TPSA) is 45.7 Å². The predicted octanol–water partition coefficient (Wildman–Crippen LogP) is 5.30. The first-order valence-corrected chi connectivity index (χ1v) is 12.5. The molecule has 1 amide bonds. The second-order valence-electron chi connectivity index (χ2n) is 9.80. The molecule has 0 spiro atoms. The van der Waals surface area contributed by atoms with Crippen molar-refractivity contribution in [1.29, 1.82) is 0 Å². The van der Waals surface area contributed by atoms with Crippen LogP contribution in [0.3, 0.4) is 0 Å². The summed E-state index contributed by atoms with van der Waals surface area (Å²) in [6, 6.07) is 20.5. The zero-order valence-electron chi connectivity index (χ0n) is 21.4. The van der Waals surface area contributed by atoms with Crippen LogP contribution in [0, 0.1) is 19.8 Å². The first-order chi connectivity index (χ1) is 16.9. The lowest BCUT2D eigenvalue weighted by Gasteiger charge is -2.40. The third kappa shape index (κ3) is 6.29. The fourth-order valence-corrected chi connectivity index (χ4v) is 5.19. The standard InChI is InChI=1S/C30H37N3O2/c1-22-11-12-23(2)26(18-22)21-33-16-13-25(14-17-33)29(20-24-8-7-9-27(19-24)35-4)32(3)30(34)28-10-5-6-15-31-28/h5-12,15,18-19,25,29H,13-14,16-17,20-21H2,1-4H3/t29-/m0/s1. The Kier molecular flexibility index (Phi) is 8.19. The summed E-state index contributed by atoms with van der Waals surface area (Å²) in [5.74, 6) is 1.26. The maximum atomic E-state index is 13.3. The van der Waals surface area contributed by atoms with Gasteiger partial charge in [0.2, 0.25) is 0 Å². The number of nitrogens with zero attached hydrogens (tertiary/aromatic N) is 3. The molecule has 5 heteroatoms. The lowest BCUT2D eigenvalue weighted by molar-refractivity contribution is 0.0579. The minimum Gasteiger partial charge on any atom is -0.497 e. The number of likely N-dealkylation sites (tertiary alicyclic amines) is 1. The smallest absolute Gasteiger partial charge is 0.272 e. The molecule has 184 valence electrons. The van der Waals surface area contributed by atoms with E-state index in [1.807, 2.05) is 36.2 Å². The molecule has 2 aromatic carbocycles. The van der Waals surface area contributed by atoms with Gasteiger partial charge in [0.1, 0.15) is 11.4 Å². The molecule has 1 saturated heterocycles. The lowest BCUT2D eigenvalue weighted by atomic mass is 9.84. The number of piperidine rings is 1. The second-order valence-corrected chi connectivity index (χ2v) is 9.80. The molecule has 0 aliphatic carbocycles. The molecular formula is C30H37N3O2. The summed E-state index contributed by atoms with van der Waals surface area (Å²) in [5, 5.41) is 0. The minimum absolute atomic E-state index is 0.0173. The molecule has 1 fully saturated rings. The number of aryl methyl sites for hydroxylation is 2. The zero-order chi connectivity index (χ0) is 24.8. The van der Waals surface area contributed by atoms with E-state index in [4.69, 9.17) is 4.74 Å². The van der Waals surface area contributed by atoms with Crippen LogP contribution in [0.2, 0.25) is 0 Å². The molecule has 3 aromatic rings. The van der Waals surface area contributed by atoms with Gasteiger partial charge in [-0.2, -0.15) is 0 Å². The number of ether oxygens (including phenoxy) is 1. The highest BCUT2D eigenvalue weighted by Gasteiger charge is 2.32. The van der Waals surface area contributed by atoms with Crippen LogP contribution in [-0.2, 0) is 13.0 Å². The van der Waals surface area contributed by atoms with Crippen LogP contribution in [0.15, 0.2) is 66.9 Å². The first-order valence-electron chi connectivity index (χ1n) is 12.5. The average molecular weight is 472 g/mol. The number of hydrogen-bond acceptors (Lipinski definition) is 4. The molecule has 1 aromatic heterocycles. The number of carbonyl (C=O) groups excluding carboxylic acids is 1. The Hall–Kier alpha value is -3.18. The fraction of sp³-hybridized carbons (Fsp3) is 0.400.